The predicted octanol–water partition coefficient (Wildman–Crippen LogP) is 3.30. The lowest BCUT2D eigenvalue weighted by Crippen LogP contribution is -2.42. The van der Waals surface area contributed by atoms with Crippen molar-refractivity contribution < 1.29 is 18.7 Å². The Labute approximate surface area is 128 Å². The lowest BCUT2D eigenvalue weighted by molar-refractivity contribution is -0.158. The SMILES string of the molecule is CC1(F)CC(C(=O)OCCOc2ccnc3ccccc23)C1. The van der Waals surface area contributed by atoms with Crippen LogP contribution >= 0.6 is 0 Å². The first-order valence-corrected chi connectivity index (χ1v) is 7.37. The van der Waals surface area contributed by atoms with Crippen LogP contribution in [0.5, 0.6) is 5.75 Å². The summed E-state index contributed by atoms with van der Waals surface area (Å²) < 4.78 is 24.1. The van der Waals surface area contributed by atoms with Crippen LogP contribution in [-0.2, 0) is 9.53 Å². The van der Waals surface area contributed by atoms with Crippen LogP contribution in [0.25, 0.3) is 10.9 Å². The van der Waals surface area contributed by atoms with Crippen molar-refractivity contribution >= 4 is 16.9 Å². The third-order valence-corrected chi connectivity index (χ3v) is 3.87. The third kappa shape index (κ3) is 3.18. The molecule has 0 radical (unpaired) electrons. The summed E-state index contributed by atoms with van der Waals surface area (Å²) >= 11 is 0. The third-order valence-electron chi connectivity index (χ3n) is 3.87. The van der Waals surface area contributed by atoms with Gasteiger partial charge < -0.3 is 9.47 Å². The minimum Gasteiger partial charge on any atom is -0.489 e. The quantitative estimate of drug-likeness (QED) is 0.628. The van der Waals surface area contributed by atoms with E-state index in [0.29, 0.717) is 5.75 Å². The molecule has 5 heteroatoms. The molecule has 0 atom stereocenters. The molecule has 0 unspecified atom stereocenters. The Morgan fingerprint density at radius 3 is 2.86 bits per heavy atom. The number of hydrogen-bond acceptors (Lipinski definition) is 4. The molecule has 0 amide bonds. The van der Waals surface area contributed by atoms with Gasteiger partial charge in [0.1, 0.15) is 24.6 Å². The van der Waals surface area contributed by atoms with Gasteiger partial charge in [0.25, 0.3) is 0 Å². The van der Waals surface area contributed by atoms with Crippen molar-refractivity contribution in [3.8, 4) is 5.75 Å². The van der Waals surface area contributed by atoms with E-state index in [1.165, 1.54) is 6.92 Å². The number of aromatic nitrogens is 1. The fourth-order valence-corrected chi connectivity index (χ4v) is 2.74. The van der Waals surface area contributed by atoms with Crippen molar-refractivity contribution in [1.29, 1.82) is 0 Å². The van der Waals surface area contributed by atoms with Gasteiger partial charge in [0.15, 0.2) is 0 Å². The van der Waals surface area contributed by atoms with Crippen LogP contribution < -0.4 is 4.74 Å². The Balaban J connectivity index is 1.48. The molecule has 1 aromatic heterocycles. The summed E-state index contributed by atoms with van der Waals surface area (Å²) in [5.41, 5.74) is -0.357. The Morgan fingerprint density at radius 2 is 2.09 bits per heavy atom. The number of para-hydroxylation sites is 1. The van der Waals surface area contributed by atoms with E-state index in [1.807, 2.05) is 24.3 Å². The van der Waals surface area contributed by atoms with E-state index in [4.69, 9.17) is 9.47 Å². The van der Waals surface area contributed by atoms with E-state index < -0.39 is 5.67 Å². The van der Waals surface area contributed by atoms with Crippen LogP contribution in [0.2, 0.25) is 0 Å². The maximum atomic E-state index is 13.3. The second kappa shape index (κ2) is 5.91. The monoisotopic (exact) mass is 303 g/mol. The van der Waals surface area contributed by atoms with Crippen molar-refractivity contribution in [3.05, 3.63) is 36.5 Å². The Kier molecular flexibility index (Phi) is 3.96. The van der Waals surface area contributed by atoms with Gasteiger partial charge in [0.2, 0.25) is 0 Å². The molecule has 3 rings (SSSR count). The summed E-state index contributed by atoms with van der Waals surface area (Å²) in [5.74, 6) is 0.0664. The van der Waals surface area contributed by atoms with Crippen molar-refractivity contribution in [2.75, 3.05) is 13.2 Å². The second-order valence-electron chi connectivity index (χ2n) is 5.86. The van der Waals surface area contributed by atoms with Crippen LogP contribution in [0.1, 0.15) is 19.8 Å². The summed E-state index contributed by atoms with van der Waals surface area (Å²) in [6.07, 6.45) is 2.18. The second-order valence-corrected chi connectivity index (χ2v) is 5.86. The van der Waals surface area contributed by atoms with Crippen LogP contribution in [-0.4, -0.2) is 29.8 Å². The number of hydrogen-bond donors (Lipinski definition) is 0. The molecular formula is C17H18FNO3. The molecule has 1 heterocycles. The first kappa shape index (κ1) is 14.8. The molecule has 0 aliphatic heterocycles. The average molecular weight is 303 g/mol. The number of fused-ring (bicyclic) bond motifs is 1. The summed E-state index contributed by atoms with van der Waals surface area (Å²) in [7, 11) is 0. The number of rotatable bonds is 5. The number of carbonyl (C=O) groups is 1. The van der Waals surface area contributed by atoms with Gasteiger partial charge in [0, 0.05) is 11.6 Å². The van der Waals surface area contributed by atoms with E-state index >= 15 is 0 Å². The van der Waals surface area contributed by atoms with Gasteiger partial charge >= 0.3 is 5.97 Å². The highest BCUT2D eigenvalue weighted by Crippen LogP contribution is 2.41. The number of alkyl halides is 1. The maximum absolute atomic E-state index is 13.3. The van der Waals surface area contributed by atoms with E-state index in [-0.39, 0.29) is 37.9 Å². The summed E-state index contributed by atoms with van der Waals surface area (Å²) in [5, 5.41) is 0.920. The molecule has 0 saturated heterocycles. The Hall–Kier alpha value is -2.17. The van der Waals surface area contributed by atoms with Crippen LogP contribution in [0.15, 0.2) is 36.5 Å². The lowest BCUT2D eigenvalue weighted by atomic mass is 9.73. The van der Waals surface area contributed by atoms with Crippen LogP contribution in [0.4, 0.5) is 4.39 Å². The topological polar surface area (TPSA) is 48.4 Å². The van der Waals surface area contributed by atoms with E-state index in [2.05, 4.69) is 4.98 Å². The molecule has 1 fully saturated rings. The van der Waals surface area contributed by atoms with Gasteiger partial charge in [-0.05, 0) is 38.0 Å². The molecule has 1 aromatic carbocycles. The van der Waals surface area contributed by atoms with E-state index in [9.17, 15) is 9.18 Å². The van der Waals surface area contributed by atoms with Crippen LogP contribution in [0, 0.1) is 5.92 Å². The molecule has 22 heavy (non-hydrogen) atoms. The normalized spacial score (nSPS) is 23.8. The molecule has 116 valence electrons. The van der Waals surface area contributed by atoms with Crippen molar-refractivity contribution in [3.63, 3.8) is 0 Å². The highest BCUT2D eigenvalue weighted by atomic mass is 19.1. The predicted molar refractivity (Wildman–Crippen MR) is 80.4 cm³/mol. The molecule has 0 bridgehead atoms. The van der Waals surface area contributed by atoms with Crippen LogP contribution in [0.3, 0.4) is 0 Å². The van der Waals surface area contributed by atoms with E-state index in [1.54, 1.807) is 12.3 Å². The number of carbonyl (C=O) groups excluding carboxylic acids is 1. The molecule has 1 aliphatic carbocycles. The lowest BCUT2D eigenvalue weighted by Gasteiger charge is -2.36. The fourth-order valence-electron chi connectivity index (χ4n) is 2.74. The molecule has 4 nitrogen and oxygen atoms in total. The number of pyridine rings is 1. The average Bonchev–Trinajstić information content (AvgIpc) is 2.49. The van der Waals surface area contributed by atoms with Crippen molar-refractivity contribution in [1.82, 2.24) is 4.98 Å². The highest BCUT2D eigenvalue weighted by Gasteiger charge is 2.45. The van der Waals surface area contributed by atoms with Gasteiger partial charge in [-0.3, -0.25) is 9.78 Å². The zero-order chi connectivity index (χ0) is 15.6. The largest absolute Gasteiger partial charge is 0.489 e. The van der Waals surface area contributed by atoms with Crippen molar-refractivity contribution in [2.45, 2.75) is 25.4 Å². The van der Waals surface area contributed by atoms with Gasteiger partial charge in [-0.1, -0.05) is 12.1 Å². The molecule has 0 spiro atoms. The summed E-state index contributed by atoms with van der Waals surface area (Å²) in [6, 6.07) is 9.46. The molecule has 1 saturated carbocycles. The fraction of sp³-hybridized carbons (Fsp3) is 0.412. The zero-order valence-electron chi connectivity index (χ0n) is 12.4. The number of benzene rings is 1. The summed E-state index contributed by atoms with van der Waals surface area (Å²) in [4.78, 5) is 15.9. The minimum absolute atomic E-state index is 0.162. The zero-order valence-corrected chi connectivity index (χ0v) is 12.4. The molecular weight excluding hydrogens is 285 g/mol. The van der Waals surface area contributed by atoms with Gasteiger partial charge in [-0.15, -0.1) is 0 Å². The van der Waals surface area contributed by atoms with Gasteiger partial charge in [0.05, 0.1) is 11.4 Å². The maximum Gasteiger partial charge on any atom is 0.309 e. The molecule has 0 N–H and O–H groups in total. The smallest absolute Gasteiger partial charge is 0.309 e. The first-order valence-electron chi connectivity index (χ1n) is 7.37. The van der Waals surface area contributed by atoms with E-state index in [0.717, 1.165) is 10.9 Å². The van der Waals surface area contributed by atoms with Gasteiger partial charge in [-0.2, -0.15) is 0 Å². The number of halogens is 1. The minimum atomic E-state index is -1.21. The first-order chi connectivity index (χ1) is 10.6. The highest BCUT2D eigenvalue weighted by molar-refractivity contribution is 5.84. The number of esters is 1. The Bertz CT molecular complexity index is 673. The molecule has 2 aromatic rings. The Morgan fingerprint density at radius 1 is 1.32 bits per heavy atom. The van der Waals surface area contributed by atoms with Gasteiger partial charge in [-0.25, -0.2) is 4.39 Å². The summed E-state index contributed by atoms with van der Waals surface area (Å²) in [6.45, 7) is 1.93. The number of nitrogens with zero attached hydrogens (tertiary/aromatic N) is 1. The van der Waals surface area contributed by atoms with Crippen molar-refractivity contribution in [2.24, 2.45) is 5.92 Å². The number of ether oxygens (including phenoxy) is 2. The standard InChI is InChI=1S/C17H18FNO3/c1-17(18)10-12(11-17)16(20)22-9-8-21-15-6-7-19-14-5-3-2-4-13(14)15/h2-7,12H,8-11H2,1H3. The molecule has 1 aliphatic rings.